The Labute approximate surface area is 121 Å². The monoisotopic (exact) mass is 327 g/mol. The van der Waals surface area contributed by atoms with E-state index in [0.29, 0.717) is 13.2 Å². The zero-order valence-electron chi connectivity index (χ0n) is 11.0. The summed E-state index contributed by atoms with van der Waals surface area (Å²) in [5.74, 6) is 1.62. The molecule has 1 saturated heterocycles. The van der Waals surface area contributed by atoms with Crippen molar-refractivity contribution < 1.29 is 14.6 Å². The van der Waals surface area contributed by atoms with Gasteiger partial charge in [0, 0.05) is 24.1 Å². The first-order chi connectivity index (χ1) is 9.09. The molecular formula is C14H18BrNO3. The van der Waals surface area contributed by atoms with Gasteiger partial charge in [0.25, 0.3) is 0 Å². The second kappa shape index (κ2) is 4.96. The molecule has 2 aliphatic heterocycles. The Hall–Kier alpha value is -0.780. The molecule has 0 amide bonds. The van der Waals surface area contributed by atoms with Crippen molar-refractivity contribution in [2.24, 2.45) is 0 Å². The summed E-state index contributed by atoms with van der Waals surface area (Å²) >= 11 is 3.58. The third-order valence-electron chi connectivity index (χ3n) is 3.80. The number of hydrogen-bond donors (Lipinski definition) is 1. The van der Waals surface area contributed by atoms with Crippen molar-refractivity contribution in [3.63, 3.8) is 0 Å². The summed E-state index contributed by atoms with van der Waals surface area (Å²) in [7, 11) is 0. The van der Waals surface area contributed by atoms with Crippen molar-refractivity contribution in [3.8, 4) is 11.5 Å². The van der Waals surface area contributed by atoms with Gasteiger partial charge in [0.1, 0.15) is 13.2 Å². The largest absolute Gasteiger partial charge is 0.486 e. The average Bonchev–Trinajstić information content (AvgIpc) is 2.37. The first kappa shape index (κ1) is 13.2. The van der Waals surface area contributed by atoms with E-state index in [1.54, 1.807) is 0 Å². The molecule has 19 heavy (non-hydrogen) atoms. The van der Waals surface area contributed by atoms with Crippen molar-refractivity contribution in [1.82, 2.24) is 4.90 Å². The maximum absolute atomic E-state index is 10.0. The van der Waals surface area contributed by atoms with E-state index in [1.165, 1.54) is 5.56 Å². The van der Waals surface area contributed by atoms with Crippen molar-refractivity contribution >= 4 is 15.9 Å². The number of hydrogen-bond acceptors (Lipinski definition) is 4. The van der Waals surface area contributed by atoms with Crippen LogP contribution in [0.25, 0.3) is 0 Å². The molecule has 2 aliphatic rings. The fourth-order valence-corrected chi connectivity index (χ4v) is 3.04. The summed E-state index contributed by atoms with van der Waals surface area (Å²) in [5, 5.41) is 10.0. The Balaban J connectivity index is 1.72. The van der Waals surface area contributed by atoms with Crippen LogP contribution in [0.4, 0.5) is 0 Å². The molecule has 0 aromatic heterocycles. The van der Waals surface area contributed by atoms with Gasteiger partial charge in [0.15, 0.2) is 11.5 Å². The van der Waals surface area contributed by atoms with Crippen LogP contribution < -0.4 is 9.47 Å². The van der Waals surface area contributed by atoms with E-state index in [4.69, 9.17) is 9.47 Å². The lowest BCUT2D eigenvalue weighted by molar-refractivity contribution is -0.103. The van der Waals surface area contributed by atoms with Gasteiger partial charge in [-0.3, -0.25) is 4.90 Å². The van der Waals surface area contributed by atoms with Gasteiger partial charge in [-0.2, -0.15) is 0 Å². The summed E-state index contributed by atoms with van der Waals surface area (Å²) in [5.41, 5.74) is 0.683. The van der Waals surface area contributed by atoms with E-state index in [1.807, 2.05) is 19.1 Å². The number of aliphatic hydroxyl groups is 1. The molecule has 2 heterocycles. The minimum atomic E-state index is -0.486. The molecule has 0 atom stereocenters. The molecule has 1 aromatic carbocycles. The van der Waals surface area contributed by atoms with Crippen LogP contribution in [0.15, 0.2) is 16.6 Å². The van der Waals surface area contributed by atoms with E-state index >= 15 is 0 Å². The second-order valence-corrected chi connectivity index (χ2v) is 6.16. The standard InChI is InChI=1S/C14H18BrNO3/c1-2-14(17)8-16(9-14)7-10-5-12-13(6-11(10)15)19-4-3-18-12/h5-6,17H,2-4,7-9H2,1H3. The normalized spacial score (nSPS) is 21.0. The smallest absolute Gasteiger partial charge is 0.162 e. The van der Waals surface area contributed by atoms with Crippen LogP contribution >= 0.6 is 15.9 Å². The zero-order chi connectivity index (χ0) is 13.5. The van der Waals surface area contributed by atoms with Gasteiger partial charge < -0.3 is 14.6 Å². The molecule has 0 unspecified atom stereocenters. The summed E-state index contributed by atoms with van der Waals surface area (Å²) in [4.78, 5) is 2.24. The Morgan fingerprint density at radius 1 is 1.26 bits per heavy atom. The highest BCUT2D eigenvalue weighted by molar-refractivity contribution is 9.10. The lowest BCUT2D eigenvalue weighted by Gasteiger charge is -2.46. The predicted octanol–water partition coefficient (Wildman–Crippen LogP) is 2.18. The molecule has 0 aliphatic carbocycles. The molecule has 1 N–H and O–H groups in total. The number of ether oxygens (including phenoxy) is 2. The predicted molar refractivity (Wildman–Crippen MR) is 75.6 cm³/mol. The number of benzene rings is 1. The SMILES string of the molecule is CCC1(O)CN(Cc2cc3c(cc2Br)OCCO3)C1. The van der Waals surface area contributed by atoms with Crippen LogP contribution in [0.1, 0.15) is 18.9 Å². The quantitative estimate of drug-likeness (QED) is 0.924. The number of halogens is 1. The van der Waals surface area contributed by atoms with Crippen LogP contribution in [-0.2, 0) is 6.54 Å². The fraction of sp³-hybridized carbons (Fsp3) is 0.571. The van der Waals surface area contributed by atoms with Crippen molar-refractivity contribution in [1.29, 1.82) is 0 Å². The third-order valence-corrected chi connectivity index (χ3v) is 4.54. The van der Waals surface area contributed by atoms with Gasteiger partial charge in [-0.05, 0) is 24.1 Å². The first-order valence-electron chi connectivity index (χ1n) is 6.62. The first-order valence-corrected chi connectivity index (χ1v) is 7.42. The Morgan fingerprint density at radius 2 is 1.89 bits per heavy atom. The van der Waals surface area contributed by atoms with Gasteiger partial charge >= 0.3 is 0 Å². The highest BCUT2D eigenvalue weighted by Crippen LogP contribution is 2.37. The fourth-order valence-electron chi connectivity index (χ4n) is 2.59. The molecule has 5 heteroatoms. The molecule has 4 nitrogen and oxygen atoms in total. The average molecular weight is 328 g/mol. The Kier molecular flexibility index (Phi) is 3.45. The maximum Gasteiger partial charge on any atom is 0.162 e. The van der Waals surface area contributed by atoms with Gasteiger partial charge in [-0.25, -0.2) is 0 Å². The third kappa shape index (κ3) is 2.59. The minimum absolute atomic E-state index is 0.486. The zero-order valence-corrected chi connectivity index (χ0v) is 12.6. The molecule has 0 saturated carbocycles. The topological polar surface area (TPSA) is 41.9 Å². The van der Waals surface area contributed by atoms with Gasteiger partial charge in [0.2, 0.25) is 0 Å². The van der Waals surface area contributed by atoms with Crippen LogP contribution in [0.2, 0.25) is 0 Å². The molecule has 0 bridgehead atoms. The lowest BCUT2D eigenvalue weighted by Crippen LogP contribution is -2.60. The van der Waals surface area contributed by atoms with Crippen LogP contribution in [-0.4, -0.2) is 41.9 Å². The van der Waals surface area contributed by atoms with E-state index in [9.17, 15) is 5.11 Å². The summed E-state index contributed by atoms with van der Waals surface area (Å²) in [6.07, 6.45) is 0.811. The Morgan fingerprint density at radius 3 is 2.53 bits per heavy atom. The number of likely N-dealkylation sites (tertiary alicyclic amines) is 1. The van der Waals surface area contributed by atoms with Crippen LogP contribution in [0.5, 0.6) is 11.5 Å². The highest BCUT2D eigenvalue weighted by Gasteiger charge is 2.39. The van der Waals surface area contributed by atoms with Crippen LogP contribution in [0.3, 0.4) is 0 Å². The van der Waals surface area contributed by atoms with Crippen LogP contribution in [0, 0.1) is 0 Å². The Bertz CT molecular complexity index is 486. The van der Waals surface area contributed by atoms with Gasteiger partial charge in [-0.1, -0.05) is 22.9 Å². The molecule has 1 fully saturated rings. The maximum atomic E-state index is 10.0. The van der Waals surface area contributed by atoms with Crippen molar-refractivity contribution in [2.75, 3.05) is 26.3 Å². The number of β-amino-alcohol motifs (C(OH)–C–C–N with tert-alkyl or cyclic N) is 1. The van der Waals surface area contributed by atoms with Crippen molar-refractivity contribution in [3.05, 3.63) is 22.2 Å². The van der Waals surface area contributed by atoms with E-state index in [2.05, 4.69) is 20.8 Å². The number of rotatable bonds is 3. The molecule has 3 rings (SSSR count). The minimum Gasteiger partial charge on any atom is -0.486 e. The molecular weight excluding hydrogens is 310 g/mol. The summed E-state index contributed by atoms with van der Waals surface area (Å²) < 4.78 is 12.2. The van der Waals surface area contributed by atoms with E-state index in [0.717, 1.165) is 42.0 Å². The molecule has 104 valence electrons. The van der Waals surface area contributed by atoms with E-state index in [-0.39, 0.29) is 0 Å². The van der Waals surface area contributed by atoms with E-state index < -0.39 is 5.60 Å². The van der Waals surface area contributed by atoms with Gasteiger partial charge in [-0.15, -0.1) is 0 Å². The lowest BCUT2D eigenvalue weighted by atomic mass is 9.91. The second-order valence-electron chi connectivity index (χ2n) is 5.31. The summed E-state index contributed by atoms with van der Waals surface area (Å²) in [6, 6.07) is 4.00. The van der Waals surface area contributed by atoms with Gasteiger partial charge in [0.05, 0.1) is 5.60 Å². The number of nitrogens with zero attached hydrogens (tertiary/aromatic N) is 1. The molecule has 0 spiro atoms. The summed E-state index contributed by atoms with van der Waals surface area (Å²) in [6.45, 7) is 5.54. The molecule has 0 radical (unpaired) electrons. The number of fused-ring (bicyclic) bond motifs is 1. The van der Waals surface area contributed by atoms with Crippen molar-refractivity contribution in [2.45, 2.75) is 25.5 Å². The highest BCUT2D eigenvalue weighted by atomic mass is 79.9. The molecule has 1 aromatic rings.